The zero-order valence-electron chi connectivity index (χ0n) is 8.61. The summed E-state index contributed by atoms with van der Waals surface area (Å²) in [5, 5.41) is -0.00819. The topological polar surface area (TPSA) is 13.1 Å². The minimum Gasteiger partial charge on any atom is -0.469 e. The molecule has 0 bridgehead atoms. The van der Waals surface area contributed by atoms with Crippen LogP contribution >= 0.6 is 11.6 Å². The summed E-state index contributed by atoms with van der Waals surface area (Å²) in [4.78, 5) is 0. The summed E-state index contributed by atoms with van der Waals surface area (Å²) in [5.41, 5.74) is 2.33. The second-order valence-electron chi connectivity index (χ2n) is 3.59. The van der Waals surface area contributed by atoms with E-state index < -0.39 is 0 Å². The molecule has 0 aliphatic heterocycles. The molecule has 2 rings (SSSR count). The SMILES string of the molecule is Cc1occc1C(Cl)Cc1ccccc1. The Hall–Kier alpha value is -1.21. The molecule has 0 saturated carbocycles. The van der Waals surface area contributed by atoms with E-state index in [0.29, 0.717) is 0 Å². The Morgan fingerprint density at radius 1 is 1.20 bits per heavy atom. The number of hydrogen-bond donors (Lipinski definition) is 0. The van der Waals surface area contributed by atoms with Crippen molar-refractivity contribution in [1.82, 2.24) is 0 Å². The average molecular weight is 221 g/mol. The molecule has 1 unspecified atom stereocenters. The molecule has 2 aromatic rings. The lowest BCUT2D eigenvalue weighted by Gasteiger charge is -2.08. The number of hydrogen-bond acceptors (Lipinski definition) is 1. The molecular formula is C13H13ClO. The van der Waals surface area contributed by atoms with Crippen molar-refractivity contribution in [2.24, 2.45) is 0 Å². The van der Waals surface area contributed by atoms with Crippen molar-refractivity contribution in [2.75, 3.05) is 0 Å². The lowest BCUT2D eigenvalue weighted by Crippen LogP contribution is -1.95. The lowest BCUT2D eigenvalue weighted by molar-refractivity contribution is 0.529. The van der Waals surface area contributed by atoms with Crippen molar-refractivity contribution in [3.63, 3.8) is 0 Å². The Morgan fingerprint density at radius 2 is 1.93 bits per heavy atom. The molecule has 0 saturated heterocycles. The molecule has 0 spiro atoms. The van der Waals surface area contributed by atoms with Gasteiger partial charge in [0.15, 0.2) is 0 Å². The number of halogens is 1. The van der Waals surface area contributed by atoms with Gasteiger partial charge in [-0.3, -0.25) is 0 Å². The molecule has 2 heteroatoms. The van der Waals surface area contributed by atoms with Gasteiger partial charge < -0.3 is 4.42 Å². The number of furan rings is 1. The summed E-state index contributed by atoms with van der Waals surface area (Å²) in [7, 11) is 0. The van der Waals surface area contributed by atoms with Gasteiger partial charge in [0.25, 0.3) is 0 Å². The lowest BCUT2D eigenvalue weighted by atomic mass is 10.0. The van der Waals surface area contributed by atoms with Crippen LogP contribution in [0.1, 0.15) is 22.3 Å². The summed E-state index contributed by atoms with van der Waals surface area (Å²) < 4.78 is 5.24. The quantitative estimate of drug-likeness (QED) is 0.710. The minimum absolute atomic E-state index is 0.00819. The zero-order valence-corrected chi connectivity index (χ0v) is 9.37. The highest BCUT2D eigenvalue weighted by molar-refractivity contribution is 6.21. The predicted molar refractivity (Wildman–Crippen MR) is 62.2 cm³/mol. The van der Waals surface area contributed by atoms with Crippen LogP contribution in [0.4, 0.5) is 0 Å². The van der Waals surface area contributed by atoms with E-state index in [4.69, 9.17) is 16.0 Å². The van der Waals surface area contributed by atoms with Crippen molar-refractivity contribution in [3.05, 3.63) is 59.5 Å². The molecule has 1 aromatic carbocycles. The predicted octanol–water partition coefficient (Wildman–Crippen LogP) is 4.11. The van der Waals surface area contributed by atoms with Crippen molar-refractivity contribution >= 4 is 11.6 Å². The number of rotatable bonds is 3. The summed E-state index contributed by atoms with van der Waals surface area (Å²) in [6, 6.07) is 12.2. The molecule has 1 aromatic heterocycles. The summed E-state index contributed by atoms with van der Waals surface area (Å²) in [6.07, 6.45) is 2.52. The fraction of sp³-hybridized carbons (Fsp3) is 0.231. The van der Waals surface area contributed by atoms with E-state index in [9.17, 15) is 0 Å². The second-order valence-corrected chi connectivity index (χ2v) is 4.12. The van der Waals surface area contributed by atoms with E-state index in [1.807, 2.05) is 31.2 Å². The number of benzene rings is 1. The maximum atomic E-state index is 6.33. The third-order valence-corrected chi connectivity index (χ3v) is 2.88. The molecule has 15 heavy (non-hydrogen) atoms. The minimum atomic E-state index is -0.00819. The third-order valence-electron chi connectivity index (χ3n) is 2.49. The van der Waals surface area contributed by atoms with Gasteiger partial charge in [-0.25, -0.2) is 0 Å². The van der Waals surface area contributed by atoms with Gasteiger partial charge in [-0.1, -0.05) is 30.3 Å². The fourth-order valence-corrected chi connectivity index (χ4v) is 2.06. The van der Waals surface area contributed by atoms with Gasteiger partial charge in [0.1, 0.15) is 5.76 Å². The Kier molecular flexibility index (Phi) is 3.12. The van der Waals surface area contributed by atoms with E-state index in [2.05, 4.69) is 12.1 Å². The third kappa shape index (κ3) is 2.42. The van der Waals surface area contributed by atoms with Crippen LogP contribution in [-0.2, 0) is 6.42 Å². The smallest absolute Gasteiger partial charge is 0.105 e. The van der Waals surface area contributed by atoms with Gasteiger partial charge in [0.05, 0.1) is 11.6 Å². The molecule has 0 amide bonds. The van der Waals surface area contributed by atoms with Crippen LogP contribution in [0.5, 0.6) is 0 Å². The molecule has 1 atom stereocenters. The first-order valence-corrected chi connectivity index (χ1v) is 5.43. The van der Waals surface area contributed by atoms with Crippen LogP contribution in [0.2, 0.25) is 0 Å². The monoisotopic (exact) mass is 220 g/mol. The largest absolute Gasteiger partial charge is 0.469 e. The van der Waals surface area contributed by atoms with E-state index in [-0.39, 0.29) is 5.38 Å². The molecular weight excluding hydrogens is 208 g/mol. The highest BCUT2D eigenvalue weighted by Gasteiger charge is 2.13. The second kappa shape index (κ2) is 4.54. The van der Waals surface area contributed by atoms with Crippen molar-refractivity contribution in [1.29, 1.82) is 0 Å². The number of alkyl halides is 1. The van der Waals surface area contributed by atoms with Gasteiger partial charge in [-0.05, 0) is 25.0 Å². The van der Waals surface area contributed by atoms with Crippen LogP contribution in [0.3, 0.4) is 0 Å². The van der Waals surface area contributed by atoms with Gasteiger partial charge >= 0.3 is 0 Å². The highest BCUT2D eigenvalue weighted by Crippen LogP contribution is 2.28. The fourth-order valence-electron chi connectivity index (χ4n) is 1.65. The molecule has 78 valence electrons. The summed E-state index contributed by atoms with van der Waals surface area (Å²) in [5.74, 6) is 0.908. The van der Waals surface area contributed by atoms with E-state index in [0.717, 1.165) is 17.7 Å². The molecule has 0 N–H and O–H groups in total. The normalized spacial score (nSPS) is 12.7. The van der Waals surface area contributed by atoms with Crippen molar-refractivity contribution in [3.8, 4) is 0 Å². The Balaban J connectivity index is 2.11. The molecule has 0 radical (unpaired) electrons. The molecule has 0 aliphatic carbocycles. The van der Waals surface area contributed by atoms with Crippen LogP contribution in [0.25, 0.3) is 0 Å². The zero-order chi connectivity index (χ0) is 10.7. The average Bonchev–Trinajstić information content (AvgIpc) is 2.66. The van der Waals surface area contributed by atoms with E-state index >= 15 is 0 Å². The standard InChI is InChI=1S/C13H13ClO/c1-10-12(7-8-15-10)13(14)9-11-5-3-2-4-6-11/h2-8,13H,9H2,1H3. The molecule has 0 fully saturated rings. The highest BCUT2D eigenvalue weighted by atomic mass is 35.5. The Bertz CT molecular complexity index is 419. The summed E-state index contributed by atoms with van der Waals surface area (Å²) >= 11 is 6.33. The maximum Gasteiger partial charge on any atom is 0.105 e. The number of aryl methyl sites for hydroxylation is 1. The first-order valence-electron chi connectivity index (χ1n) is 4.99. The first-order chi connectivity index (χ1) is 7.27. The van der Waals surface area contributed by atoms with Gasteiger partial charge in [-0.15, -0.1) is 11.6 Å². The molecule has 1 heterocycles. The van der Waals surface area contributed by atoms with Gasteiger partial charge in [0, 0.05) is 5.56 Å². The van der Waals surface area contributed by atoms with Crippen molar-refractivity contribution < 1.29 is 4.42 Å². The van der Waals surface area contributed by atoms with Crippen LogP contribution in [0, 0.1) is 6.92 Å². The molecule has 0 aliphatic rings. The van der Waals surface area contributed by atoms with Crippen LogP contribution in [0.15, 0.2) is 47.1 Å². The summed E-state index contributed by atoms with van der Waals surface area (Å²) in [6.45, 7) is 1.94. The van der Waals surface area contributed by atoms with Crippen molar-refractivity contribution in [2.45, 2.75) is 18.7 Å². The van der Waals surface area contributed by atoms with Gasteiger partial charge in [-0.2, -0.15) is 0 Å². The maximum absolute atomic E-state index is 6.33. The van der Waals surface area contributed by atoms with Crippen LogP contribution < -0.4 is 0 Å². The van der Waals surface area contributed by atoms with E-state index in [1.165, 1.54) is 5.56 Å². The van der Waals surface area contributed by atoms with Crippen LogP contribution in [-0.4, -0.2) is 0 Å². The Labute approximate surface area is 94.7 Å². The van der Waals surface area contributed by atoms with E-state index in [1.54, 1.807) is 6.26 Å². The van der Waals surface area contributed by atoms with Gasteiger partial charge in [0.2, 0.25) is 0 Å². The molecule has 1 nitrogen and oxygen atoms in total. The Morgan fingerprint density at radius 3 is 2.53 bits per heavy atom. The first kappa shape index (κ1) is 10.3.